The van der Waals surface area contributed by atoms with Gasteiger partial charge in [-0.3, -0.25) is 0 Å². The van der Waals surface area contributed by atoms with Crippen molar-refractivity contribution in [3.05, 3.63) is 11.4 Å². The second kappa shape index (κ2) is 4.77. The van der Waals surface area contributed by atoms with Gasteiger partial charge in [-0.1, -0.05) is 18.7 Å². The maximum absolute atomic E-state index is 5.68. The van der Waals surface area contributed by atoms with Crippen molar-refractivity contribution in [3.63, 3.8) is 0 Å². The molecule has 3 nitrogen and oxygen atoms in total. The summed E-state index contributed by atoms with van der Waals surface area (Å²) in [6, 6.07) is 0. The van der Waals surface area contributed by atoms with Crippen molar-refractivity contribution in [3.8, 4) is 0 Å². The fourth-order valence-electron chi connectivity index (χ4n) is 0.698. The highest BCUT2D eigenvalue weighted by Gasteiger charge is 2.06. The highest BCUT2D eigenvalue weighted by molar-refractivity contribution is 7.99. The van der Waals surface area contributed by atoms with Crippen molar-refractivity contribution in [2.45, 2.75) is 31.2 Å². The van der Waals surface area contributed by atoms with Gasteiger partial charge in [0.05, 0.1) is 11.4 Å². The zero-order valence-corrected chi connectivity index (χ0v) is 9.48. The molecular formula is C8H12ClN3S. The largest absolute Gasteiger partial charge is 0.225 e. The Balaban J connectivity index is 2.73. The number of aromatic nitrogens is 3. The smallest absolute Gasteiger partial charge is 0.209 e. The van der Waals surface area contributed by atoms with Gasteiger partial charge in [-0.2, -0.15) is 5.10 Å². The van der Waals surface area contributed by atoms with Gasteiger partial charge in [0, 0.05) is 11.1 Å². The van der Waals surface area contributed by atoms with Gasteiger partial charge in [0.2, 0.25) is 5.16 Å². The molecule has 0 aliphatic rings. The summed E-state index contributed by atoms with van der Waals surface area (Å²) in [7, 11) is 0. The topological polar surface area (TPSA) is 38.7 Å². The lowest BCUT2D eigenvalue weighted by Gasteiger charge is -2.05. The van der Waals surface area contributed by atoms with Crippen LogP contribution in [0, 0.1) is 13.8 Å². The molecule has 5 heteroatoms. The fraction of sp³-hybridized carbons (Fsp3) is 0.625. The minimum Gasteiger partial charge on any atom is -0.225 e. The van der Waals surface area contributed by atoms with Crippen LogP contribution in [-0.4, -0.2) is 26.3 Å². The van der Waals surface area contributed by atoms with E-state index in [9.17, 15) is 0 Å². The molecule has 0 fully saturated rings. The number of hydrogen-bond donors (Lipinski definition) is 0. The van der Waals surface area contributed by atoms with Crippen molar-refractivity contribution in [1.29, 1.82) is 0 Å². The molecule has 0 spiro atoms. The van der Waals surface area contributed by atoms with Crippen LogP contribution in [0.4, 0.5) is 0 Å². The highest BCUT2D eigenvalue weighted by Crippen LogP contribution is 2.19. The number of nitrogens with zero attached hydrogens (tertiary/aromatic N) is 3. The molecule has 0 bridgehead atoms. The Bertz CT molecular complexity index is 293. The first-order chi connectivity index (χ1) is 6.13. The van der Waals surface area contributed by atoms with E-state index in [0.717, 1.165) is 11.4 Å². The fourth-order valence-corrected chi connectivity index (χ4v) is 1.59. The molecule has 0 N–H and O–H groups in total. The molecule has 0 aliphatic carbocycles. The van der Waals surface area contributed by atoms with E-state index < -0.39 is 0 Å². The van der Waals surface area contributed by atoms with Crippen LogP contribution in [0.5, 0.6) is 0 Å². The first-order valence-corrected chi connectivity index (χ1v) is 5.45. The van der Waals surface area contributed by atoms with E-state index in [-0.39, 0.29) is 0 Å². The van der Waals surface area contributed by atoms with Crippen molar-refractivity contribution in [2.75, 3.05) is 5.88 Å². The molecule has 0 aromatic carbocycles. The maximum Gasteiger partial charge on any atom is 0.209 e. The van der Waals surface area contributed by atoms with E-state index in [1.54, 1.807) is 11.8 Å². The van der Waals surface area contributed by atoms with Crippen molar-refractivity contribution >= 4 is 23.4 Å². The summed E-state index contributed by atoms with van der Waals surface area (Å²) in [5.41, 5.74) is 1.81. The van der Waals surface area contributed by atoms with Gasteiger partial charge in [-0.15, -0.1) is 16.7 Å². The molecule has 0 radical (unpaired) electrons. The average Bonchev–Trinajstić information content (AvgIpc) is 2.11. The molecule has 0 saturated carbocycles. The maximum atomic E-state index is 5.68. The summed E-state index contributed by atoms with van der Waals surface area (Å²) in [5, 5.41) is 8.99. The van der Waals surface area contributed by atoms with Crippen molar-refractivity contribution in [2.24, 2.45) is 0 Å². The quantitative estimate of drug-likeness (QED) is 0.575. The average molecular weight is 218 g/mol. The molecule has 13 heavy (non-hydrogen) atoms. The van der Waals surface area contributed by atoms with Gasteiger partial charge in [-0.05, 0) is 13.8 Å². The lowest BCUT2D eigenvalue weighted by atomic mass is 10.4. The molecule has 1 aromatic heterocycles. The number of alkyl halides is 1. The molecule has 1 aromatic rings. The van der Waals surface area contributed by atoms with Crippen LogP contribution >= 0.6 is 23.4 Å². The summed E-state index contributed by atoms with van der Waals surface area (Å²) in [5.74, 6) is 0.598. The lowest BCUT2D eigenvalue weighted by Crippen LogP contribution is -2.03. The zero-order valence-electron chi connectivity index (χ0n) is 7.91. The van der Waals surface area contributed by atoms with E-state index >= 15 is 0 Å². The number of aryl methyl sites for hydroxylation is 2. The van der Waals surface area contributed by atoms with E-state index in [1.165, 1.54) is 0 Å². The predicted octanol–water partition coefficient (Wildman–Crippen LogP) is 2.21. The molecule has 0 aliphatic heterocycles. The van der Waals surface area contributed by atoms with Gasteiger partial charge in [-0.25, -0.2) is 4.98 Å². The Morgan fingerprint density at radius 2 is 2.00 bits per heavy atom. The standard InChI is InChI=1S/C8H12ClN3S/c1-5(4-9)13-8-10-6(2)7(3)11-12-8/h5H,4H2,1-3H3. The van der Waals surface area contributed by atoms with Crippen molar-refractivity contribution < 1.29 is 0 Å². The minimum absolute atomic E-state index is 0.325. The Morgan fingerprint density at radius 1 is 1.31 bits per heavy atom. The summed E-state index contributed by atoms with van der Waals surface area (Å²) in [6.45, 7) is 5.87. The van der Waals surface area contributed by atoms with Crippen LogP contribution in [0.2, 0.25) is 0 Å². The van der Waals surface area contributed by atoms with E-state index in [2.05, 4.69) is 15.2 Å². The normalized spacial score (nSPS) is 12.9. The van der Waals surface area contributed by atoms with E-state index in [1.807, 2.05) is 20.8 Å². The molecule has 1 unspecified atom stereocenters. The molecule has 1 rings (SSSR count). The molecule has 1 atom stereocenters. The van der Waals surface area contributed by atoms with Crippen molar-refractivity contribution in [1.82, 2.24) is 15.2 Å². The summed E-state index contributed by atoms with van der Waals surface area (Å²) < 4.78 is 0. The van der Waals surface area contributed by atoms with Gasteiger partial charge in [0.15, 0.2) is 0 Å². The molecule has 0 amide bonds. The van der Waals surface area contributed by atoms with Crippen LogP contribution in [0.25, 0.3) is 0 Å². The van der Waals surface area contributed by atoms with Gasteiger partial charge in [0.25, 0.3) is 0 Å². The molecule has 0 saturated heterocycles. The van der Waals surface area contributed by atoms with Crippen LogP contribution in [0.1, 0.15) is 18.3 Å². The predicted molar refractivity (Wildman–Crippen MR) is 55.3 cm³/mol. The molecule has 72 valence electrons. The van der Waals surface area contributed by atoms with E-state index in [0.29, 0.717) is 16.3 Å². The third-order valence-corrected chi connectivity index (χ3v) is 3.20. The summed E-state index contributed by atoms with van der Waals surface area (Å²) in [6.07, 6.45) is 0. The van der Waals surface area contributed by atoms with Gasteiger partial charge >= 0.3 is 0 Å². The number of halogens is 1. The van der Waals surface area contributed by atoms with Gasteiger partial charge < -0.3 is 0 Å². The zero-order chi connectivity index (χ0) is 9.84. The van der Waals surface area contributed by atoms with Crippen LogP contribution in [-0.2, 0) is 0 Å². The summed E-state index contributed by atoms with van der Waals surface area (Å²) in [4.78, 5) is 4.29. The second-order valence-corrected chi connectivity index (χ2v) is 4.56. The number of hydrogen-bond acceptors (Lipinski definition) is 4. The Kier molecular flexibility index (Phi) is 3.93. The molecule has 1 heterocycles. The van der Waals surface area contributed by atoms with E-state index in [4.69, 9.17) is 11.6 Å². The SMILES string of the molecule is Cc1nnc(SC(C)CCl)nc1C. The third-order valence-electron chi connectivity index (χ3n) is 1.60. The second-order valence-electron chi connectivity index (χ2n) is 2.85. The summed E-state index contributed by atoms with van der Waals surface area (Å²) >= 11 is 7.23. The van der Waals surface area contributed by atoms with Crippen LogP contribution in [0.15, 0.2) is 5.16 Å². The Morgan fingerprint density at radius 3 is 2.54 bits per heavy atom. The third kappa shape index (κ3) is 3.12. The first kappa shape index (κ1) is 10.7. The highest BCUT2D eigenvalue weighted by atomic mass is 35.5. The lowest BCUT2D eigenvalue weighted by molar-refractivity contribution is 0.786. The van der Waals surface area contributed by atoms with Gasteiger partial charge in [0.1, 0.15) is 0 Å². The first-order valence-electron chi connectivity index (χ1n) is 4.04. The Labute approximate surface area is 87.3 Å². The minimum atomic E-state index is 0.325. The molecular weight excluding hydrogens is 206 g/mol. The number of rotatable bonds is 3. The van der Waals surface area contributed by atoms with Crippen LogP contribution < -0.4 is 0 Å². The monoisotopic (exact) mass is 217 g/mol. The Hall–Kier alpha value is -0.350. The number of thioether (sulfide) groups is 1. The van der Waals surface area contributed by atoms with Crippen LogP contribution in [0.3, 0.4) is 0 Å².